The molecule has 2 rings (SSSR count). The minimum absolute atomic E-state index is 0.0175. The van der Waals surface area contributed by atoms with Gasteiger partial charge in [-0.05, 0) is 51.7 Å². The van der Waals surface area contributed by atoms with Crippen molar-refractivity contribution in [1.82, 2.24) is 19.8 Å². The first-order chi connectivity index (χ1) is 16.0. The molecule has 1 aliphatic rings. The second-order valence-corrected chi connectivity index (χ2v) is 9.57. The lowest BCUT2D eigenvalue weighted by Crippen LogP contribution is -2.70. The van der Waals surface area contributed by atoms with Gasteiger partial charge < -0.3 is 37.3 Å². The summed E-state index contributed by atoms with van der Waals surface area (Å²) in [5.41, 5.74) is 11.4. The first kappa shape index (κ1) is 27.8. The molecule has 0 spiro atoms. The van der Waals surface area contributed by atoms with Crippen LogP contribution in [0.3, 0.4) is 0 Å². The number of rotatable bonds is 9. The highest BCUT2D eigenvalue weighted by Gasteiger charge is 2.58. The Labute approximate surface area is 203 Å². The Balaban J connectivity index is 2.24. The summed E-state index contributed by atoms with van der Waals surface area (Å²) in [4.78, 5) is 43.0. The van der Waals surface area contributed by atoms with Crippen molar-refractivity contribution in [3.8, 4) is 0 Å². The Hall–Kier alpha value is -3.45. The molecule has 0 bridgehead atoms. The summed E-state index contributed by atoms with van der Waals surface area (Å²) in [7, 11) is 1.70. The second-order valence-electron chi connectivity index (χ2n) is 9.57. The number of amides is 1. The van der Waals surface area contributed by atoms with E-state index in [1.807, 2.05) is 6.92 Å². The quantitative estimate of drug-likeness (QED) is 0.146. The van der Waals surface area contributed by atoms with Gasteiger partial charge in [-0.2, -0.15) is 4.98 Å². The molecule has 1 aromatic rings. The van der Waals surface area contributed by atoms with E-state index in [0.717, 1.165) is 4.57 Å². The smallest absolute Gasteiger partial charge is 0.352 e. The Morgan fingerprint density at radius 1 is 1.34 bits per heavy atom. The van der Waals surface area contributed by atoms with Crippen LogP contribution >= 0.6 is 0 Å². The van der Waals surface area contributed by atoms with Gasteiger partial charge in [-0.3, -0.25) is 14.8 Å². The van der Waals surface area contributed by atoms with Crippen LogP contribution in [0.2, 0.25) is 0 Å². The summed E-state index contributed by atoms with van der Waals surface area (Å²) in [6.45, 7) is 6.80. The van der Waals surface area contributed by atoms with Crippen LogP contribution in [0.15, 0.2) is 29.2 Å². The summed E-state index contributed by atoms with van der Waals surface area (Å²) < 4.78 is 7.12. The number of carbonyl (C=O) groups is 2. The number of carboxylic acids is 1. The highest BCUT2D eigenvalue weighted by molar-refractivity contribution is 5.86. The first-order valence-electron chi connectivity index (χ1n) is 11.2. The van der Waals surface area contributed by atoms with Gasteiger partial charge in [0.1, 0.15) is 5.82 Å². The van der Waals surface area contributed by atoms with Crippen LogP contribution < -0.4 is 28.2 Å². The minimum Gasteiger partial charge on any atom is -0.479 e. The Kier molecular flexibility index (Phi) is 7.97. The zero-order chi connectivity index (χ0) is 26.8. The molecule has 13 nitrogen and oxygen atoms in total. The normalized spacial score (nSPS) is 27.6. The van der Waals surface area contributed by atoms with Gasteiger partial charge in [0.25, 0.3) is 0 Å². The Bertz CT molecular complexity index is 1070. The number of hydrogen-bond acceptors (Lipinski definition) is 8. The molecule has 2 heterocycles. The number of carboxylic acid groups (broad SMARTS) is 1. The molecule has 0 saturated heterocycles. The lowest BCUT2D eigenvalue weighted by Gasteiger charge is -2.50. The van der Waals surface area contributed by atoms with E-state index in [-0.39, 0.29) is 17.7 Å². The summed E-state index contributed by atoms with van der Waals surface area (Å²) in [5, 5.41) is 20.2. The van der Waals surface area contributed by atoms with Gasteiger partial charge in [-0.15, -0.1) is 0 Å². The van der Waals surface area contributed by atoms with Gasteiger partial charge >= 0.3 is 11.7 Å². The van der Waals surface area contributed by atoms with Crippen LogP contribution in [0, 0.1) is 11.3 Å². The maximum atomic E-state index is 13.0. The van der Waals surface area contributed by atoms with Crippen molar-refractivity contribution >= 4 is 23.7 Å². The monoisotopic (exact) mass is 492 g/mol. The van der Waals surface area contributed by atoms with Crippen LogP contribution in [0.4, 0.5) is 5.82 Å². The molecule has 9 N–H and O–H groups in total. The summed E-state index contributed by atoms with van der Waals surface area (Å²) in [5.74, 6) is -1.88. The molecule has 0 radical (unpaired) electrons. The highest BCUT2D eigenvalue weighted by Crippen LogP contribution is 2.40. The molecule has 1 aromatic heterocycles. The van der Waals surface area contributed by atoms with E-state index in [1.165, 1.54) is 45.2 Å². The minimum atomic E-state index is -1.97. The molecule has 1 aliphatic heterocycles. The number of nitrogens with one attached hydrogen (secondary N) is 2. The molecule has 0 aliphatic carbocycles. The van der Waals surface area contributed by atoms with Gasteiger partial charge in [0.05, 0.1) is 11.6 Å². The molecule has 13 heteroatoms. The van der Waals surface area contributed by atoms with Crippen molar-refractivity contribution < 1.29 is 19.4 Å². The Morgan fingerprint density at radius 3 is 2.51 bits per heavy atom. The molecular formula is C22H36N8O5. The zero-order valence-corrected chi connectivity index (χ0v) is 20.7. The number of nitrogen functional groups attached to an aromatic ring is 1. The molecule has 194 valence electrons. The van der Waals surface area contributed by atoms with Gasteiger partial charge in [0.2, 0.25) is 5.91 Å². The van der Waals surface area contributed by atoms with Crippen LogP contribution in [0.1, 0.15) is 40.5 Å². The second kappa shape index (κ2) is 10.0. The van der Waals surface area contributed by atoms with E-state index in [1.54, 1.807) is 11.9 Å². The van der Waals surface area contributed by atoms with Crippen LogP contribution in [0.5, 0.6) is 0 Å². The maximum absolute atomic E-state index is 13.0. The van der Waals surface area contributed by atoms with E-state index in [0.29, 0.717) is 19.4 Å². The average molecular weight is 493 g/mol. The molecule has 0 saturated carbocycles. The van der Waals surface area contributed by atoms with Crippen molar-refractivity contribution in [2.24, 2.45) is 17.4 Å². The number of carbonyl (C=O) groups excluding carboxylic acids is 1. The van der Waals surface area contributed by atoms with Crippen LogP contribution in [-0.2, 0) is 20.1 Å². The fourth-order valence-corrected chi connectivity index (χ4v) is 3.89. The maximum Gasteiger partial charge on any atom is 0.352 e. The van der Waals surface area contributed by atoms with Crippen molar-refractivity contribution in [2.45, 2.75) is 63.4 Å². The molecular weight excluding hydrogens is 456 g/mol. The molecule has 2 unspecified atom stereocenters. The van der Waals surface area contributed by atoms with Crippen molar-refractivity contribution in [3.63, 3.8) is 0 Å². The number of aromatic nitrogens is 2. The van der Waals surface area contributed by atoms with Crippen LogP contribution in [-0.4, -0.2) is 68.2 Å². The number of anilines is 1. The average Bonchev–Trinajstić information content (AvgIpc) is 2.74. The summed E-state index contributed by atoms with van der Waals surface area (Å²) in [6, 6.07) is 0.486. The van der Waals surface area contributed by atoms with E-state index in [4.69, 9.17) is 27.3 Å². The molecule has 1 amide bonds. The van der Waals surface area contributed by atoms with Gasteiger partial charge in [0, 0.05) is 19.8 Å². The van der Waals surface area contributed by atoms with E-state index in [2.05, 4.69) is 10.3 Å². The molecule has 0 aromatic carbocycles. The third-order valence-corrected chi connectivity index (χ3v) is 6.58. The van der Waals surface area contributed by atoms with Crippen molar-refractivity contribution in [3.05, 3.63) is 34.9 Å². The van der Waals surface area contributed by atoms with E-state index >= 15 is 0 Å². The standard InChI is InChI=1S/C22H36N8O5/c1-13(6-10-29(5)18(25)26)12-14(23)16(31)28-20(2)8-9-21(3,35-22(20,4)17(32)33)30-11-7-15(24)27-19(30)34/h7-9,11,13-14H,6,10,12,23H2,1-5H3,(H3,25,26)(H,28,31)(H,32,33)(H2,24,27,34)/t13?,14?,20-,21+,22+/m0/s1. The molecule has 5 atom stereocenters. The van der Waals surface area contributed by atoms with Crippen molar-refractivity contribution in [2.75, 3.05) is 19.3 Å². The van der Waals surface area contributed by atoms with Crippen molar-refractivity contribution in [1.29, 1.82) is 5.41 Å². The number of guanidine groups is 1. The predicted molar refractivity (Wildman–Crippen MR) is 130 cm³/mol. The zero-order valence-electron chi connectivity index (χ0n) is 20.7. The predicted octanol–water partition coefficient (Wildman–Crippen LogP) is -0.628. The number of nitrogens with zero attached hydrogens (tertiary/aromatic N) is 3. The topological polar surface area (TPSA) is 216 Å². The molecule has 35 heavy (non-hydrogen) atoms. The fraction of sp³-hybridized carbons (Fsp3) is 0.591. The van der Waals surface area contributed by atoms with Gasteiger partial charge in [-0.25, -0.2) is 9.59 Å². The lowest BCUT2D eigenvalue weighted by molar-refractivity contribution is -0.214. The van der Waals surface area contributed by atoms with Crippen LogP contribution in [0.25, 0.3) is 0 Å². The number of aliphatic carboxylic acids is 1. The SMILES string of the molecule is CC(CCN(C)C(=N)N)CC(N)C(=O)N[C@@]1(C)C=C[C@](C)(n2ccc(N)nc2=O)O[C@]1(C)C(=O)O. The number of ether oxygens (including phenoxy) is 1. The Morgan fingerprint density at radius 2 is 1.97 bits per heavy atom. The van der Waals surface area contributed by atoms with E-state index < -0.39 is 40.5 Å². The largest absolute Gasteiger partial charge is 0.479 e. The lowest BCUT2D eigenvalue weighted by atomic mass is 9.78. The summed E-state index contributed by atoms with van der Waals surface area (Å²) in [6.07, 6.45) is 5.34. The highest BCUT2D eigenvalue weighted by atomic mass is 16.6. The number of nitrogens with two attached hydrogens (primary N) is 3. The third-order valence-electron chi connectivity index (χ3n) is 6.58. The number of hydrogen-bond donors (Lipinski definition) is 6. The van der Waals surface area contributed by atoms with Gasteiger partial charge in [-0.1, -0.05) is 13.0 Å². The molecule has 0 fully saturated rings. The fourth-order valence-electron chi connectivity index (χ4n) is 3.89. The third kappa shape index (κ3) is 5.80. The first-order valence-corrected chi connectivity index (χ1v) is 11.2. The van der Waals surface area contributed by atoms with Gasteiger partial charge in [0.15, 0.2) is 17.3 Å². The van der Waals surface area contributed by atoms with E-state index in [9.17, 15) is 19.5 Å². The summed E-state index contributed by atoms with van der Waals surface area (Å²) >= 11 is 0.